The van der Waals surface area contributed by atoms with Crippen LogP contribution in [0.2, 0.25) is 0 Å². The average Bonchev–Trinajstić information content (AvgIpc) is 2.51. The van der Waals surface area contributed by atoms with Gasteiger partial charge in [-0.1, -0.05) is 0 Å². The first kappa shape index (κ1) is 17.5. The fourth-order valence-corrected chi connectivity index (χ4v) is 2.30. The molecule has 10 nitrogen and oxygen atoms in total. The fraction of sp³-hybridized carbons (Fsp3) is 0.833. The van der Waals surface area contributed by atoms with E-state index >= 15 is 0 Å². The van der Waals surface area contributed by atoms with Crippen LogP contribution in [0.4, 0.5) is 0 Å². The van der Waals surface area contributed by atoms with Gasteiger partial charge in [-0.3, -0.25) is 0 Å². The van der Waals surface area contributed by atoms with Crippen LogP contribution in [0.3, 0.4) is 0 Å². The van der Waals surface area contributed by atoms with Gasteiger partial charge in [0.05, 0.1) is 6.61 Å². The highest BCUT2D eigenvalue weighted by Gasteiger charge is 2.47. The monoisotopic (exact) mass is 324 g/mol. The van der Waals surface area contributed by atoms with E-state index in [4.69, 9.17) is 19.3 Å². The summed E-state index contributed by atoms with van der Waals surface area (Å²) in [5.41, 5.74) is 0. The Morgan fingerprint density at radius 3 is 2.27 bits per heavy atom. The molecule has 0 aromatic heterocycles. The van der Waals surface area contributed by atoms with E-state index in [1.165, 1.54) is 0 Å². The quantitative estimate of drug-likeness (QED) is 0.269. The molecule has 0 bridgehead atoms. The van der Waals surface area contributed by atoms with Gasteiger partial charge in [0.15, 0.2) is 6.29 Å². The summed E-state index contributed by atoms with van der Waals surface area (Å²) >= 11 is 0. The molecule has 0 radical (unpaired) electrons. The summed E-state index contributed by atoms with van der Waals surface area (Å²) in [5.74, 6) is -0.0462. The maximum Gasteiger partial charge on any atom is 0.229 e. The largest absolute Gasteiger partial charge is 0.464 e. The number of hydrogen-bond donors (Lipinski definition) is 7. The lowest BCUT2D eigenvalue weighted by molar-refractivity contribution is -0.326. The first-order valence-electron chi connectivity index (χ1n) is 6.69. The highest BCUT2D eigenvalue weighted by Crippen LogP contribution is 2.27. The normalized spacial score (nSPS) is 46.0. The molecule has 10 heteroatoms. The van der Waals surface area contributed by atoms with E-state index in [1.807, 2.05) is 0 Å². The third-order valence-corrected chi connectivity index (χ3v) is 3.54. The molecular formula is C12H20O10. The Kier molecular flexibility index (Phi) is 5.71. The molecule has 2 unspecified atom stereocenters. The molecular weight excluding hydrogens is 304 g/mol. The molecule has 7 N–H and O–H groups in total. The molecule has 2 aliphatic rings. The summed E-state index contributed by atoms with van der Waals surface area (Å²) in [4.78, 5) is 0. The van der Waals surface area contributed by atoms with E-state index in [-0.39, 0.29) is 5.76 Å². The van der Waals surface area contributed by atoms with Crippen molar-refractivity contribution < 1.29 is 50.0 Å². The van der Waals surface area contributed by atoms with Gasteiger partial charge in [-0.05, 0) is 6.08 Å². The lowest BCUT2D eigenvalue weighted by Crippen LogP contribution is -2.61. The van der Waals surface area contributed by atoms with Gasteiger partial charge in [0.25, 0.3) is 0 Å². The van der Waals surface area contributed by atoms with Gasteiger partial charge in [-0.15, -0.1) is 0 Å². The SMILES string of the molecule is OCC1=C[C@H](O)[C@@H](O)[C@H](O[C@H]2[C@H](O)C(O)C(O)O[C@@H]2CO)O1. The minimum atomic E-state index is -1.71. The van der Waals surface area contributed by atoms with Crippen LogP contribution in [0.15, 0.2) is 11.8 Å². The second-order valence-electron chi connectivity index (χ2n) is 5.09. The summed E-state index contributed by atoms with van der Waals surface area (Å²) in [6.07, 6.45) is -10.8. The fourth-order valence-electron chi connectivity index (χ4n) is 2.30. The molecule has 2 rings (SSSR count). The predicted molar refractivity (Wildman–Crippen MR) is 66.9 cm³/mol. The van der Waals surface area contributed by atoms with Crippen molar-refractivity contribution in [3.63, 3.8) is 0 Å². The van der Waals surface area contributed by atoms with Crippen molar-refractivity contribution in [1.29, 1.82) is 0 Å². The van der Waals surface area contributed by atoms with E-state index in [0.29, 0.717) is 0 Å². The van der Waals surface area contributed by atoms with Gasteiger partial charge in [0.2, 0.25) is 6.29 Å². The number of hydrogen-bond acceptors (Lipinski definition) is 10. The predicted octanol–water partition coefficient (Wildman–Crippen LogP) is -4.24. The average molecular weight is 324 g/mol. The van der Waals surface area contributed by atoms with Gasteiger partial charge >= 0.3 is 0 Å². The van der Waals surface area contributed by atoms with Crippen molar-refractivity contribution in [3.8, 4) is 0 Å². The molecule has 0 aromatic rings. The third kappa shape index (κ3) is 3.40. The van der Waals surface area contributed by atoms with E-state index in [2.05, 4.69) is 0 Å². The van der Waals surface area contributed by atoms with Gasteiger partial charge < -0.3 is 50.0 Å². The zero-order valence-electron chi connectivity index (χ0n) is 11.5. The van der Waals surface area contributed by atoms with Crippen molar-refractivity contribution >= 4 is 0 Å². The van der Waals surface area contributed by atoms with Gasteiger partial charge in [-0.25, -0.2) is 0 Å². The number of aliphatic hydroxyl groups excluding tert-OH is 7. The lowest BCUT2D eigenvalue weighted by Gasteiger charge is -2.42. The van der Waals surface area contributed by atoms with Crippen LogP contribution in [0, 0.1) is 0 Å². The van der Waals surface area contributed by atoms with Crippen molar-refractivity contribution in [2.24, 2.45) is 0 Å². The van der Waals surface area contributed by atoms with E-state index < -0.39 is 62.4 Å². The highest BCUT2D eigenvalue weighted by atomic mass is 16.7. The van der Waals surface area contributed by atoms with Crippen LogP contribution in [0.25, 0.3) is 0 Å². The first-order valence-corrected chi connectivity index (χ1v) is 6.69. The lowest BCUT2D eigenvalue weighted by atomic mass is 9.98. The summed E-state index contributed by atoms with van der Waals surface area (Å²) in [6.45, 7) is -1.18. The highest BCUT2D eigenvalue weighted by molar-refractivity contribution is 5.05. The molecule has 22 heavy (non-hydrogen) atoms. The second kappa shape index (κ2) is 7.17. The molecule has 0 aromatic carbocycles. The second-order valence-corrected chi connectivity index (χ2v) is 5.09. The van der Waals surface area contributed by atoms with Crippen molar-refractivity contribution in [2.75, 3.05) is 13.2 Å². The molecule has 1 fully saturated rings. The molecule has 0 spiro atoms. The molecule has 0 saturated carbocycles. The van der Waals surface area contributed by atoms with Gasteiger partial charge in [-0.2, -0.15) is 0 Å². The van der Waals surface area contributed by atoms with E-state index in [0.717, 1.165) is 6.08 Å². The van der Waals surface area contributed by atoms with Gasteiger partial charge in [0, 0.05) is 0 Å². The number of aliphatic hydroxyl groups is 7. The Balaban J connectivity index is 2.11. The minimum Gasteiger partial charge on any atom is -0.464 e. The summed E-state index contributed by atoms with van der Waals surface area (Å²) in [7, 11) is 0. The van der Waals surface area contributed by atoms with Crippen LogP contribution in [0.5, 0.6) is 0 Å². The maximum atomic E-state index is 9.93. The van der Waals surface area contributed by atoms with Crippen molar-refractivity contribution in [1.82, 2.24) is 0 Å². The topological polar surface area (TPSA) is 169 Å². The molecule has 1 saturated heterocycles. The standard InChI is InChI=1S/C12H20O10/c13-2-4-1-5(15)7(16)12(20-4)22-10-6(3-14)21-11(19)9(18)8(10)17/h1,5-19H,2-3H2/t5-,6+,7+,8+,9?,10+,11?,12-/m0/s1. The van der Waals surface area contributed by atoms with Crippen molar-refractivity contribution in [2.45, 2.75) is 49.2 Å². The Morgan fingerprint density at radius 1 is 1.00 bits per heavy atom. The zero-order valence-corrected chi connectivity index (χ0v) is 11.5. The van der Waals surface area contributed by atoms with Crippen LogP contribution >= 0.6 is 0 Å². The van der Waals surface area contributed by atoms with Crippen LogP contribution in [-0.4, -0.2) is 98.2 Å². The summed E-state index contributed by atoms with van der Waals surface area (Å²) < 4.78 is 15.3. The Hall–Kier alpha value is -0.820. The Labute approximate surface area is 125 Å². The molecule has 0 amide bonds. The Morgan fingerprint density at radius 2 is 1.68 bits per heavy atom. The van der Waals surface area contributed by atoms with E-state index in [9.17, 15) is 30.6 Å². The van der Waals surface area contributed by atoms with Crippen molar-refractivity contribution in [3.05, 3.63) is 11.8 Å². The summed E-state index contributed by atoms with van der Waals surface area (Å²) in [6, 6.07) is 0. The first-order chi connectivity index (χ1) is 10.4. The third-order valence-electron chi connectivity index (χ3n) is 3.54. The van der Waals surface area contributed by atoms with Crippen LogP contribution in [0.1, 0.15) is 0 Å². The van der Waals surface area contributed by atoms with Crippen LogP contribution < -0.4 is 0 Å². The van der Waals surface area contributed by atoms with E-state index in [1.54, 1.807) is 0 Å². The molecule has 8 atom stereocenters. The molecule has 2 aliphatic heterocycles. The zero-order chi connectivity index (χ0) is 16.4. The molecule has 128 valence electrons. The summed E-state index contributed by atoms with van der Waals surface area (Å²) in [5, 5.41) is 66.6. The molecule has 2 heterocycles. The molecule has 0 aliphatic carbocycles. The number of rotatable bonds is 4. The minimum absolute atomic E-state index is 0.0462. The van der Waals surface area contributed by atoms with Crippen LogP contribution in [-0.2, 0) is 14.2 Å². The maximum absolute atomic E-state index is 9.93. The van der Waals surface area contributed by atoms with Gasteiger partial charge in [0.1, 0.15) is 49.0 Å². The Bertz CT molecular complexity index is 399. The number of ether oxygens (including phenoxy) is 3. The smallest absolute Gasteiger partial charge is 0.229 e.